The average Bonchev–Trinajstić information content (AvgIpc) is 3.15. The number of aryl methyl sites for hydroxylation is 2. The van der Waals surface area contributed by atoms with Gasteiger partial charge in [-0.3, -0.25) is 4.79 Å². The largest absolute Gasteiger partial charge is 0.325 e. The van der Waals surface area contributed by atoms with Crippen LogP contribution >= 0.6 is 11.8 Å². The summed E-state index contributed by atoms with van der Waals surface area (Å²) in [5, 5.41) is 17.5. The molecule has 0 saturated carbocycles. The van der Waals surface area contributed by atoms with E-state index >= 15 is 0 Å². The lowest BCUT2D eigenvalue weighted by molar-refractivity contribution is -0.115. The van der Waals surface area contributed by atoms with E-state index in [2.05, 4.69) is 20.8 Å². The Morgan fingerprint density at radius 1 is 1.00 bits per heavy atom. The van der Waals surface area contributed by atoms with E-state index in [0.29, 0.717) is 5.16 Å². The van der Waals surface area contributed by atoms with Crippen LogP contribution < -0.4 is 5.32 Å². The molecule has 146 valence electrons. The van der Waals surface area contributed by atoms with E-state index in [-0.39, 0.29) is 11.2 Å². The third kappa shape index (κ3) is 4.00. The minimum absolute atomic E-state index is 0.0960. The number of nitrogens with one attached hydrogen (secondary N) is 1. The molecule has 0 unspecified atom stereocenters. The maximum absolute atomic E-state index is 12.7. The minimum atomic E-state index is -0.365. The van der Waals surface area contributed by atoms with Gasteiger partial charge in [0.2, 0.25) is 11.1 Å². The van der Waals surface area contributed by atoms with Crippen molar-refractivity contribution in [3.63, 3.8) is 0 Å². The average molecular weight is 404 g/mol. The molecule has 7 heteroatoms. The summed E-state index contributed by atoms with van der Waals surface area (Å²) in [5.41, 5.74) is 3.87. The molecule has 3 aromatic carbocycles. The summed E-state index contributed by atoms with van der Waals surface area (Å²) in [7, 11) is 0. The fourth-order valence-electron chi connectivity index (χ4n) is 3.26. The number of fused-ring (bicyclic) bond motifs is 1. The Hall–Kier alpha value is -3.19. The summed E-state index contributed by atoms with van der Waals surface area (Å²) in [5.74, 6) is -0.0960. The highest BCUT2D eigenvalue weighted by Crippen LogP contribution is 2.27. The van der Waals surface area contributed by atoms with Gasteiger partial charge in [-0.05, 0) is 65.2 Å². The molecule has 0 aliphatic rings. The van der Waals surface area contributed by atoms with Gasteiger partial charge < -0.3 is 5.32 Å². The van der Waals surface area contributed by atoms with Crippen LogP contribution in [0, 0.1) is 13.8 Å². The first kappa shape index (κ1) is 19.1. The summed E-state index contributed by atoms with van der Waals surface area (Å²) in [6.45, 7) is 5.90. The van der Waals surface area contributed by atoms with Gasteiger partial charge in [0.1, 0.15) is 0 Å². The van der Waals surface area contributed by atoms with Gasteiger partial charge in [0, 0.05) is 5.69 Å². The van der Waals surface area contributed by atoms with Crippen LogP contribution in [0.4, 0.5) is 5.69 Å². The summed E-state index contributed by atoms with van der Waals surface area (Å²) in [6.07, 6.45) is 0. The fourth-order valence-corrected chi connectivity index (χ4v) is 4.05. The highest BCUT2D eigenvalue weighted by Gasteiger charge is 2.20. The second-order valence-corrected chi connectivity index (χ2v) is 8.23. The topological polar surface area (TPSA) is 72.7 Å². The van der Waals surface area contributed by atoms with Crippen molar-refractivity contribution in [2.45, 2.75) is 31.2 Å². The molecule has 29 heavy (non-hydrogen) atoms. The van der Waals surface area contributed by atoms with Crippen molar-refractivity contribution in [3.05, 3.63) is 71.8 Å². The van der Waals surface area contributed by atoms with Crippen LogP contribution in [0.15, 0.2) is 65.8 Å². The van der Waals surface area contributed by atoms with E-state index in [0.717, 1.165) is 33.3 Å². The number of aromatic nitrogens is 4. The molecule has 0 radical (unpaired) electrons. The molecular weight excluding hydrogens is 382 g/mol. The van der Waals surface area contributed by atoms with Crippen LogP contribution in [-0.2, 0) is 4.79 Å². The predicted molar refractivity (Wildman–Crippen MR) is 117 cm³/mol. The second-order valence-electron chi connectivity index (χ2n) is 6.92. The smallest absolute Gasteiger partial charge is 0.237 e. The van der Waals surface area contributed by atoms with E-state index < -0.39 is 0 Å². The number of amides is 1. The van der Waals surface area contributed by atoms with Gasteiger partial charge in [-0.25, -0.2) is 0 Å². The first-order chi connectivity index (χ1) is 14.0. The lowest BCUT2D eigenvalue weighted by Gasteiger charge is -2.14. The van der Waals surface area contributed by atoms with Crippen LogP contribution in [0.5, 0.6) is 0 Å². The lowest BCUT2D eigenvalue weighted by atomic mass is 10.1. The SMILES string of the molecule is Cc1cccc(C)c1-n1nnnc1S[C@@H](C)C(=O)Nc1ccc2ccccc2c1. The molecule has 0 spiro atoms. The molecule has 0 fully saturated rings. The lowest BCUT2D eigenvalue weighted by Crippen LogP contribution is -2.23. The number of para-hydroxylation sites is 1. The molecule has 4 rings (SSSR count). The Kier molecular flexibility index (Phi) is 5.31. The Bertz CT molecular complexity index is 1170. The summed E-state index contributed by atoms with van der Waals surface area (Å²) in [6, 6.07) is 20.0. The second kappa shape index (κ2) is 8.05. The van der Waals surface area contributed by atoms with Crippen LogP contribution in [0.25, 0.3) is 16.5 Å². The molecule has 6 nitrogen and oxygen atoms in total. The third-order valence-corrected chi connectivity index (χ3v) is 5.79. The molecule has 1 N–H and O–H groups in total. The van der Waals surface area contributed by atoms with E-state index in [1.54, 1.807) is 4.68 Å². The molecule has 4 aromatic rings. The number of anilines is 1. The van der Waals surface area contributed by atoms with Gasteiger partial charge in [-0.2, -0.15) is 4.68 Å². The zero-order chi connectivity index (χ0) is 20.4. The Morgan fingerprint density at radius 3 is 2.48 bits per heavy atom. The van der Waals surface area contributed by atoms with E-state index in [9.17, 15) is 4.79 Å². The van der Waals surface area contributed by atoms with Crippen LogP contribution in [0.3, 0.4) is 0 Å². The first-order valence-corrected chi connectivity index (χ1v) is 10.2. The predicted octanol–water partition coefficient (Wildman–Crippen LogP) is 4.55. The number of rotatable bonds is 5. The van der Waals surface area contributed by atoms with E-state index in [4.69, 9.17) is 0 Å². The zero-order valence-electron chi connectivity index (χ0n) is 16.5. The fraction of sp³-hybridized carbons (Fsp3) is 0.182. The summed E-state index contributed by atoms with van der Waals surface area (Å²) in [4.78, 5) is 12.7. The number of hydrogen-bond donors (Lipinski definition) is 1. The van der Waals surface area contributed by atoms with Crippen LogP contribution in [0.1, 0.15) is 18.1 Å². The van der Waals surface area contributed by atoms with Gasteiger partial charge >= 0.3 is 0 Å². The van der Waals surface area contributed by atoms with Crippen LogP contribution in [-0.4, -0.2) is 31.4 Å². The first-order valence-electron chi connectivity index (χ1n) is 9.34. The summed E-state index contributed by atoms with van der Waals surface area (Å²) >= 11 is 1.33. The number of tetrazole rings is 1. The van der Waals surface area contributed by atoms with Crippen molar-refractivity contribution in [1.29, 1.82) is 0 Å². The normalized spacial score (nSPS) is 12.1. The molecule has 0 aliphatic heterocycles. The van der Waals surface area contributed by atoms with Gasteiger partial charge in [0.25, 0.3) is 0 Å². The Balaban J connectivity index is 1.52. The van der Waals surface area contributed by atoms with Crippen molar-refractivity contribution in [2.75, 3.05) is 5.32 Å². The van der Waals surface area contributed by atoms with Crippen LogP contribution in [0.2, 0.25) is 0 Å². The molecule has 0 bridgehead atoms. The molecular formula is C22H21N5OS. The van der Waals surface area contributed by atoms with Crippen molar-refractivity contribution in [2.24, 2.45) is 0 Å². The van der Waals surface area contributed by atoms with Gasteiger partial charge in [0.15, 0.2) is 0 Å². The zero-order valence-corrected chi connectivity index (χ0v) is 17.3. The van der Waals surface area contributed by atoms with Gasteiger partial charge in [-0.1, -0.05) is 60.3 Å². The van der Waals surface area contributed by atoms with Crippen molar-refractivity contribution < 1.29 is 4.79 Å². The molecule has 1 amide bonds. The molecule has 1 atom stereocenters. The third-order valence-electron chi connectivity index (χ3n) is 4.76. The minimum Gasteiger partial charge on any atom is -0.325 e. The molecule has 0 aliphatic carbocycles. The van der Waals surface area contributed by atoms with Crippen molar-refractivity contribution in [1.82, 2.24) is 20.2 Å². The number of benzene rings is 3. The molecule has 1 heterocycles. The van der Waals surface area contributed by atoms with E-state index in [1.807, 2.05) is 81.4 Å². The quantitative estimate of drug-likeness (QED) is 0.495. The molecule has 0 saturated heterocycles. The Morgan fingerprint density at radius 2 is 1.72 bits per heavy atom. The number of carbonyl (C=O) groups is 1. The number of carbonyl (C=O) groups excluding carboxylic acids is 1. The monoisotopic (exact) mass is 403 g/mol. The van der Waals surface area contributed by atoms with Crippen molar-refractivity contribution in [3.8, 4) is 5.69 Å². The Labute approximate surface area is 173 Å². The standard InChI is InChI=1S/C22H21N5OS/c1-14-7-6-8-15(2)20(14)27-22(24-25-26-27)29-16(3)21(28)23-19-12-11-17-9-4-5-10-18(17)13-19/h4-13,16H,1-3H3,(H,23,28)/t16-/m0/s1. The van der Waals surface area contributed by atoms with E-state index in [1.165, 1.54) is 11.8 Å². The number of nitrogens with zero attached hydrogens (tertiary/aromatic N) is 4. The van der Waals surface area contributed by atoms with Gasteiger partial charge in [-0.15, -0.1) is 5.10 Å². The summed E-state index contributed by atoms with van der Waals surface area (Å²) < 4.78 is 1.70. The highest BCUT2D eigenvalue weighted by molar-refractivity contribution is 8.00. The number of thioether (sulfide) groups is 1. The number of hydrogen-bond acceptors (Lipinski definition) is 5. The van der Waals surface area contributed by atoms with Gasteiger partial charge in [0.05, 0.1) is 10.9 Å². The maximum Gasteiger partial charge on any atom is 0.237 e. The van der Waals surface area contributed by atoms with Crippen molar-refractivity contribution >= 4 is 34.1 Å². The highest BCUT2D eigenvalue weighted by atomic mass is 32.2. The molecule has 1 aromatic heterocycles. The maximum atomic E-state index is 12.7.